The molecule has 1 N–H and O–H groups in total. The van der Waals surface area contributed by atoms with Gasteiger partial charge in [0.05, 0.1) is 6.61 Å². The summed E-state index contributed by atoms with van der Waals surface area (Å²) >= 11 is 3.45. The van der Waals surface area contributed by atoms with Gasteiger partial charge in [0.2, 0.25) is 0 Å². The van der Waals surface area contributed by atoms with Crippen molar-refractivity contribution >= 4 is 27.8 Å². The highest BCUT2D eigenvalue weighted by molar-refractivity contribution is 9.10. The van der Waals surface area contributed by atoms with E-state index in [9.17, 15) is 4.79 Å². The number of carbonyl (C=O) groups is 1. The molecule has 2 rings (SSSR count). The number of pyridine rings is 1. The lowest BCUT2D eigenvalue weighted by Crippen LogP contribution is -2.48. The number of nitrogens with zero attached hydrogens (tertiary/aromatic N) is 2. The van der Waals surface area contributed by atoms with E-state index in [-0.39, 0.29) is 12.1 Å². The van der Waals surface area contributed by atoms with Gasteiger partial charge in [-0.05, 0) is 31.9 Å². The van der Waals surface area contributed by atoms with Gasteiger partial charge in [0.15, 0.2) is 0 Å². The number of amides is 1. The Morgan fingerprint density at radius 3 is 3.26 bits per heavy atom. The maximum atomic E-state index is 11.4. The molecule has 1 atom stereocenters. The van der Waals surface area contributed by atoms with Gasteiger partial charge in [-0.25, -0.2) is 9.78 Å². The van der Waals surface area contributed by atoms with Gasteiger partial charge >= 0.3 is 6.09 Å². The van der Waals surface area contributed by atoms with Crippen molar-refractivity contribution in [3.63, 3.8) is 0 Å². The average Bonchev–Trinajstić information content (AvgIpc) is 2.39. The minimum absolute atomic E-state index is 0.119. The first kappa shape index (κ1) is 14.1. The number of hydrogen-bond acceptors (Lipinski definition) is 4. The Hall–Kier alpha value is -1.30. The van der Waals surface area contributed by atoms with E-state index in [2.05, 4.69) is 31.1 Å². The van der Waals surface area contributed by atoms with E-state index in [0.29, 0.717) is 6.61 Å². The van der Waals surface area contributed by atoms with Crippen LogP contribution in [0.5, 0.6) is 0 Å². The van der Waals surface area contributed by atoms with E-state index >= 15 is 0 Å². The van der Waals surface area contributed by atoms with E-state index in [1.165, 1.54) is 0 Å². The molecule has 1 amide bonds. The van der Waals surface area contributed by atoms with Gasteiger partial charge < -0.3 is 15.0 Å². The zero-order valence-corrected chi connectivity index (χ0v) is 12.5. The molecule has 1 aromatic heterocycles. The molecule has 0 spiro atoms. The highest BCUT2D eigenvalue weighted by atomic mass is 79.9. The highest BCUT2D eigenvalue weighted by Gasteiger charge is 2.22. The molecule has 19 heavy (non-hydrogen) atoms. The van der Waals surface area contributed by atoms with Crippen LogP contribution in [0.4, 0.5) is 10.6 Å². The maximum Gasteiger partial charge on any atom is 0.407 e. The van der Waals surface area contributed by atoms with E-state index in [1.807, 2.05) is 12.1 Å². The van der Waals surface area contributed by atoms with Crippen LogP contribution < -0.4 is 10.2 Å². The first-order chi connectivity index (χ1) is 9.19. The molecule has 1 aliphatic heterocycles. The fourth-order valence-corrected chi connectivity index (χ4v) is 2.53. The average molecular weight is 328 g/mol. The monoisotopic (exact) mass is 327 g/mol. The number of hydrogen-bond donors (Lipinski definition) is 1. The van der Waals surface area contributed by atoms with Gasteiger partial charge in [0, 0.05) is 29.8 Å². The minimum atomic E-state index is -0.337. The molecular weight excluding hydrogens is 310 g/mol. The second kappa shape index (κ2) is 6.75. The first-order valence-corrected chi connectivity index (χ1v) is 7.28. The lowest BCUT2D eigenvalue weighted by molar-refractivity contribution is 0.146. The van der Waals surface area contributed by atoms with Crippen molar-refractivity contribution in [3.05, 3.63) is 22.8 Å². The van der Waals surface area contributed by atoms with Crippen molar-refractivity contribution in [3.8, 4) is 0 Å². The fraction of sp³-hybridized carbons (Fsp3) is 0.538. The van der Waals surface area contributed by atoms with Gasteiger partial charge in [0.25, 0.3) is 0 Å². The standard InChI is InChI=1S/C13H18BrN3O2/c1-2-19-13(18)16-11-4-3-7-17(9-11)12-8-10(14)5-6-15-12/h5-6,8,11H,2-4,7,9H2,1H3,(H,16,18)/t11-/m0/s1. The molecule has 0 bridgehead atoms. The highest BCUT2D eigenvalue weighted by Crippen LogP contribution is 2.21. The second-order valence-corrected chi connectivity index (χ2v) is 5.40. The number of ether oxygens (including phenoxy) is 1. The summed E-state index contributed by atoms with van der Waals surface area (Å²) in [6.07, 6.45) is 3.45. The summed E-state index contributed by atoms with van der Waals surface area (Å²) in [5, 5.41) is 2.89. The molecule has 0 radical (unpaired) electrons. The SMILES string of the molecule is CCOC(=O)N[C@H]1CCCN(c2cc(Br)ccn2)C1. The van der Waals surface area contributed by atoms with Crippen LogP contribution in [0.2, 0.25) is 0 Å². The van der Waals surface area contributed by atoms with Crippen LogP contribution in [0, 0.1) is 0 Å². The summed E-state index contributed by atoms with van der Waals surface area (Å²) in [7, 11) is 0. The van der Waals surface area contributed by atoms with Crippen LogP contribution in [0.3, 0.4) is 0 Å². The first-order valence-electron chi connectivity index (χ1n) is 6.49. The van der Waals surface area contributed by atoms with Crippen LogP contribution in [0.15, 0.2) is 22.8 Å². The van der Waals surface area contributed by atoms with Crippen LogP contribution in [-0.2, 0) is 4.74 Å². The predicted molar refractivity (Wildman–Crippen MR) is 77.3 cm³/mol. The zero-order chi connectivity index (χ0) is 13.7. The largest absolute Gasteiger partial charge is 0.450 e. The summed E-state index contributed by atoms with van der Waals surface area (Å²) < 4.78 is 5.93. The topological polar surface area (TPSA) is 54.5 Å². The van der Waals surface area contributed by atoms with Crippen LogP contribution in [-0.4, -0.2) is 36.8 Å². The van der Waals surface area contributed by atoms with E-state index in [4.69, 9.17) is 4.74 Å². The third-order valence-electron chi connectivity index (χ3n) is 3.05. The van der Waals surface area contributed by atoms with Crippen LogP contribution in [0.1, 0.15) is 19.8 Å². The number of nitrogens with one attached hydrogen (secondary N) is 1. The Morgan fingerprint density at radius 2 is 2.53 bits per heavy atom. The molecule has 0 unspecified atom stereocenters. The van der Waals surface area contributed by atoms with Crippen LogP contribution >= 0.6 is 15.9 Å². The Bertz CT molecular complexity index is 442. The summed E-state index contributed by atoms with van der Waals surface area (Å²) in [4.78, 5) is 18.0. The number of alkyl carbamates (subject to hydrolysis) is 1. The number of piperidine rings is 1. The molecule has 1 fully saturated rings. The summed E-state index contributed by atoms with van der Waals surface area (Å²) in [5.74, 6) is 0.935. The lowest BCUT2D eigenvalue weighted by Gasteiger charge is -2.33. The number of halogens is 1. The Morgan fingerprint density at radius 1 is 1.68 bits per heavy atom. The molecule has 1 saturated heterocycles. The van der Waals surface area contributed by atoms with Crippen LogP contribution in [0.25, 0.3) is 0 Å². The summed E-state index contributed by atoms with van der Waals surface area (Å²) in [6.45, 7) is 3.93. The molecule has 1 aromatic rings. The number of rotatable bonds is 3. The lowest BCUT2D eigenvalue weighted by atomic mass is 10.1. The number of aromatic nitrogens is 1. The molecular formula is C13H18BrN3O2. The molecule has 0 aromatic carbocycles. The third-order valence-corrected chi connectivity index (χ3v) is 3.54. The van der Waals surface area contributed by atoms with Crippen molar-refractivity contribution in [2.24, 2.45) is 0 Å². The molecule has 0 saturated carbocycles. The van der Waals surface area contributed by atoms with Gasteiger partial charge in [-0.1, -0.05) is 15.9 Å². The minimum Gasteiger partial charge on any atom is -0.450 e. The fourth-order valence-electron chi connectivity index (χ4n) is 2.21. The van der Waals surface area contributed by atoms with Crippen molar-refractivity contribution in [2.45, 2.75) is 25.8 Å². The number of anilines is 1. The maximum absolute atomic E-state index is 11.4. The van der Waals surface area contributed by atoms with Gasteiger partial charge in [-0.3, -0.25) is 0 Å². The van der Waals surface area contributed by atoms with E-state index in [0.717, 1.165) is 36.2 Å². The molecule has 2 heterocycles. The van der Waals surface area contributed by atoms with Crippen molar-refractivity contribution in [1.29, 1.82) is 0 Å². The van der Waals surface area contributed by atoms with Gasteiger partial charge in [-0.15, -0.1) is 0 Å². The molecule has 1 aliphatic rings. The summed E-state index contributed by atoms with van der Waals surface area (Å²) in [5.41, 5.74) is 0. The smallest absolute Gasteiger partial charge is 0.407 e. The Kier molecular flexibility index (Phi) is 5.01. The molecule has 104 valence electrons. The molecule has 6 heteroatoms. The van der Waals surface area contributed by atoms with Crippen molar-refractivity contribution < 1.29 is 9.53 Å². The van der Waals surface area contributed by atoms with Gasteiger partial charge in [0.1, 0.15) is 5.82 Å². The van der Waals surface area contributed by atoms with E-state index in [1.54, 1.807) is 13.1 Å². The van der Waals surface area contributed by atoms with Gasteiger partial charge in [-0.2, -0.15) is 0 Å². The third kappa shape index (κ3) is 4.09. The normalized spacial score (nSPS) is 19.1. The zero-order valence-electron chi connectivity index (χ0n) is 10.9. The Labute approximate surface area is 121 Å². The molecule has 0 aliphatic carbocycles. The van der Waals surface area contributed by atoms with Crippen molar-refractivity contribution in [2.75, 3.05) is 24.6 Å². The quantitative estimate of drug-likeness (QED) is 0.927. The Balaban J connectivity index is 1.95. The number of carbonyl (C=O) groups excluding carboxylic acids is 1. The predicted octanol–water partition coefficient (Wildman–Crippen LogP) is 2.56. The van der Waals surface area contributed by atoms with E-state index < -0.39 is 0 Å². The van der Waals surface area contributed by atoms with Crippen molar-refractivity contribution in [1.82, 2.24) is 10.3 Å². The molecule has 5 nitrogen and oxygen atoms in total. The summed E-state index contributed by atoms with van der Waals surface area (Å²) in [6, 6.07) is 4.02. The second-order valence-electron chi connectivity index (χ2n) is 4.48.